The van der Waals surface area contributed by atoms with E-state index in [1.54, 1.807) is 4.90 Å². The van der Waals surface area contributed by atoms with Crippen molar-refractivity contribution in [3.8, 4) is 0 Å². The highest BCUT2D eigenvalue weighted by Crippen LogP contribution is 2.37. The fourth-order valence-electron chi connectivity index (χ4n) is 6.41. The van der Waals surface area contributed by atoms with Crippen LogP contribution in [0, 0.1) is 0 Å². The van der Waals surface area contributed by atoms with Crippen molar-refractivity contribution >= 4 is 23.4 Å². The first-order valence-corrected chi connectivity index (χ1v) is 13.5. The highest BCUT2D eigenvalue weighted by atomic mass is 16.2. The molecule has 0 N–H and O–H groups in total. The van der Waals surface area contributed by atoms with Crippen molar-refractivity contribution in [2.45, 2.75) is 50.2 Å². The number of piperazine rings is 1. The zero-order valence-corrected chi connectivity index (χ0v) is 21.2. The fourth-order valence-corrected chi connectivity index (χ4v) is 6.41. The van der Waals surface area contributed by atoms with E-state index in [9.17, 15) is 9.59 Å². The number of nitrogens with zero attached hydrogens (tertiary/aromatic N) is 4. The first-order valence-electron chi connectivity index (χ1n) is 13.5. The number of likely N-dealkylation sites (tertiary alicyclic amines) is 2. The Kier molecular flexibility index (Phi) is 6.56. The summed E-state index contributed by atoms with van der Waals surface area (Å²) in [7, 11) is 0. The van der Waals surface area contributed by atoms with Gasteiger partial charge in [0.15, 0.2) is 0 Å². The van der Waals surface area contributed by atoms with Gasteiger partial charge in [0.05, 0.1) is 29.5 Å². The summed E-state index contributed by atoms with van der Waals surface area (Å²) in [5.74, 6) is 0. The number of benzene rings is 3. The number of rotatable bonds is 3. The number of piperidine rings is 1. The van der Waals surface area contributed by atoms with Gasteiger partial charge in [-0.2, -0.15) is 0 Å². The van der Waals surface area contributed by atoms with Gasteiger partial charge in [-0.15, -0.1) is 0 Å². The Hall–Kier alpha value is -3.80. The largest absolute Gasteiger partial charge is 0.329 e. The van der Waals surface area contributed by atoms with E-state index in [1.165, 1.54) is 5.56 Å². The molecule has 0 aromatic heterocycles. The van der Waals surface area contributed by atoms with Gasteiger partial charge in [0.25, 0.3) is 0 Å². The number of hydrogen-bond donors (Lipinski definition) is 0. The molecule has 0 spiro atoms. The molecule has 3 aromatic carbocycles. The molecule has 37 heavy (non-hydrogen) atoms. The molecule has 2 bridgehead atoms. The maximum atomic E-state index is 14.0. The van der Waals surface area contributed by atoms with Crippen LogP contribution >= 0.6 is 0 Å². The number of amides is 4. The lowest BCUT2D eigenvalue weighted by Crippen LogP contribution is -2.66. The third-order valence-electron chi connectivity index (χ3n) is 8.12. The first kappa shape index (κ1) is 23.6. The van der Waals surface area contributed by atoms with E-state index in [4.69, 9.17) is 0 Å². The molecule has 3 aliphatic rings. The summed E-state index contributed by atoms with van der Waals surface area (Å²) >= 11 is 0. The summed E-state index contributed by atoms with van der Waals surface area (Å²) in [5.41, 5.74) is 2.92. The van der Waals surface area contributed by atoms with Crippen LogP contribution in [0.3, 0.4) is 0 Å². The molecule has 0 radical (unpaired) electrons. The lowest BCUT2D eigenvalue weighted by molar-refractivity contribution is 0.0203. The third kappa shape index (κ3) is 4.57. The average molecular weight is 495 g/mol. The van der Waals surface area contributed by atoms with Crippen LogP contribution in [0.4, 0.5) is 21.0 Å². The molecule has 3 aromatic rings. The zero-order chi connectivity index (χ0) is 25.2. The van der Waals surface area contributed by atoms with Crippen LogP contribution in [-0.2, 0) is 0 Å². The number of anilines is 2. The van der Waals surface area contributed by atoms with Gasteiger partial charge in [0.1, 0.15) is 0 Å². The zero-order valence-electron chi connectivity index (χ0n) is 21.2. The second kappa shape index (κ2) is 10.3. The molecule has 6 rings (SSSR count). The topological polar surface area (TPSA) is 47.1 Å². The lowest BCUT2D eigenvalue weighted by atomic mass is 9.91. The predicted molar refractivity (Wildman–Crippen MR) is 146 cm³/mol. The first-order chi connectivity index (χ1) is 18.2. The van der Waals surface area contributed by atoms with Gasteiger partial charge < -0.3 is 14.7 Å². The molecular weight excluding hydrogens is 460 g/mol. The molecule has 3 aliphatic heterocycles. The van der Waals surface area contributed by atoms with Crippen molar-refractivity contribution < 1.29 is 9.59 Å². The van der Waals surface area contributed by atoms with E-state index >= 15 is 0 Å². The number of urea groups is 2. The molecule has 190 valence electrons. The van der Waals surface area contributed by atoms with Gasteiger partial charge in [-0.3, -0.25) is 4.90 Å². The van der Waals surface area contributed by atoms with Crippen LogP contribution in [0.2, 0.25) is 0 Å². The van der Waals surface area contributed by atoms with Gasteiger partial charge in [0.2, 0.25) is 0 Å². The molecule has 3 saturated heterocycles. The molecule has 0 aliphatic carbocycles. The summed E-state index contributed by atoms with van der Waals surface area (Å²) in [6.45, 7) is 1.94. The second-order valence-corrected chi connectivity index (χ2v) is 10.4. The molecule has 1 unspecified atom stereocenters. The summed E-state index contributed by atoms with van der Waals surface area (Å²) in [6.07, 6.45) is 5.01. The number of hydrogen-bond acceptors (Lipinski definition) is 2. The fraction of sp³-hybridized carbons (Fsp3) is 0.355. The Bertz CT molecular complexity index is 1170. The average Bonchev–Trinajstić information content (AvgIpc) is 3.44. The maximum absolute atomic E-state index is 14.0. The maximum Gasteiger partial charge on any atom is 0.329 e. The quantitative estimate of drug-likeness (QED) is 0.421. The van der Waals surface area contributed by atoms with Gasteiger partial charge in [-0.1, -0.05) is 66.7 Å². The molecule has 4 amide bonds. The lowest BCUT2D eigenvalue weighted by Gasteiger charge is -2.51. The van der Waals surface area contributed by atoms with Crippen LogP contribution in [0.5, 0.6) is 0 Å². The number of fused-ring (bicyclic) bond motifs is 2. The van der Waals surface area contributed by atoms with Crippen LogP contribution in [-0.4, -0.2) is 58.5 Å². The van der Waals surface area contributed by atoms with E-state index in [2.05, 4.69) is 34.1 Å². The van der Waals surface area contributed by atoms with Crippen LogP contribution < -0.4 is 4.90 Å². The minimum absolute atomic E-state index is 0.0234. The summed E-state index contributed by atoms with van der Waals surface area (Å²) in [5, 5.41) is 0. The number of carbonyl (C=O) groups excluding carboxylic acids is 2. The molecule has 3 fully saturated rings. The van der Waals surface area contributed by atoms with Crippen molar-refractivity contribution in [3.63, 3.8) is 0 Å². The third-order valence-corrected chi connectivity index (χ3v) is 8.12. The molecule has 6 heteroatoms. The highest BCUT2D eigenvalue weighted by Gasteiger charge is 2.45. The Morgan fingerprint density at radius 3 is 1.78 bits per heavy atom. The van der Waals surface area contributed by atoms with Crippen LogP contribution in [0.15, 0.2) is 91.0 Å². The number of carbonyl (C=O) groups is 2. The summed E-state index contributed by atoms with van der Waals surface area (Å²) in [4.78, 5) is 36.0. The van der Waals surface area contributed by atoms with Crippen molar-refractivity contribution in [3.05, 3.63) is 96.6 Å². The minimum Gasteiger partial charge on any atom is -0.320 e. The minimum atomic E-state index is -0.0234. The smallest absolute Gasteiger partial charge is 0.320 e. The van der Waals surface area contributed by atoms with E-state index in [0.717, 1.165) is 50.0 Å². The van der Waals surface area contributed by atoms with Gasteiger partial charge in [0, 0.05) is 19.6 Å². The molecule has 3 heterocycles. The van der Waals surface area contributed by atoms with Crippen molar-refractivity contribution in [2.75, 3.05) is 24.5 Å². The van der Waals surface area contributed by atoms with Gasteiger partial charge in [-0.05, 0) is 61.9 Å². The van der Waals surface area contributed by atoms with Crippen molar-refractivity contribution in [1.29, 1.82) is 0 Å². The van der Waals surface area contributed by atoms with Gasteiger partial charge >= 0.3 is 12.1 Å². The second-order valence-electron chi connectivity index (χ2n) is 10.4. The summed E-state index contributed by atoms with van der Waals surface area (Å²) < 4.78 is 0. The molecule has 6 nitrogen and oxygen atoms in total. The van der Waals surface area contributed by atoms with E-state index in [0.29, 0.717) is 13.1 Å². The summed E-state index contributed by atoms with van der Waals surface area (Å²) in [6, 6.07) is 30.4. The van der Waals surface area contributed by atoms with Crippen molar-refractivity contribution in [1.82, 2.24) is 14.7 Å². The Balaban J connectivity index is 1.24. The normalized spacial score (nSPS) is 23.1. The standard InChI is InChI=1S/C31H34N4O2/c36-30(34(25-14-6-2-7-15-25)26-16-8-3-9-17-26)32-22-27-18-10-19-28(23-32)35(27)31(37)33-21-11-20-29(33)24-12-4-1-5-13-24/h1-9,12-17,27-29H,10-11,18-23H2/t27-,28+,29?. The Labute approximate surface area is 219 Å². The van der Waals surface area contributed by atoms with E-state index < -0.39 is 0 Å². The molecular formula is C31H34N4O2. The highest BCUT2D eigenvalue weighted by molar-refractivity contribution is 5.99. The monoisotopic (exact) mass is 494 g/mol. The predicted octanol–water partition coefficient (Wildman–Crippen LogP) is 6.44. The SMILES string of the molecule is O=C(N1C[C@H]2CCC[C@@H](C1)N2C(=O)N1CCCC1c1ccccc1)N(c1ccccc1)c1ccccc1. The Morgan fingerprint density at radius 2 is 1.22 bits per heavy atom. The van der Waals surface area contributed by atoms with Crippen LogP contribution in [0.25, 0.3) is 0 Å². The van der Waals surface area contributed by atoms with Crippen LogP contribution in [0.1, 0.15) is 43.7 Å². The van der Waals surface area contributed by atoms with E-state index in [-0.39, 0.29) is 30.2 Å². The molecule has 0 saturated carbocycles. The molecule has 3 atom stereocenters. The van der Waals surface area contributed by atoms with E-state index in [1.807, 2.05) is 71.6 Å². The van der Waals surface area contributed by atoms with Gasteiger partial charge in [-0.25, -0.2) is 9.59 Å². The Morgan fingerprint density at radius 1 is 0.676 bits per heavy atom. The van der Waals surface area contributed by atoms with Crippen molar-refractivity contribution in [2.24, 2.45) is 0 Å². The number of para-hydroxylation sites is 2.